The Balaban J connectivity index is 2.73. The molecule has 0 bridgehead atoms. The van der Waals surface area contributed by atoms with Gasteiger partial charge in [-0.1, -0.05) is 41.9 Å². The summed E-state index contributed by atoms with van der Waals surface area (Å²) in [5.74, 6) is -0.966. The van der Waals surface area contributed by atoms with Gasteiger partial charge in [-0.3, -0.25) is 4.79 Å². The van der Waals surface area contributed by atoms with Gasteiger partial charge in [0.1, 0.15) is 0 Å². The molecule has 0 fully saturated rings. The Morgan fingerprint density at radius 1 is 1.60 bits per heavy atom. The van der Waals surface area contributed by atoms with E-state index in [9.17, 15) is 4.79 Å². The molecule has 1 aliphatic rings. The van der Waals surface area contributed by atoms with E-state index in [1.807, 2.05) is 6.92 Å². The van der Waals surface area contributed by atoms with E-state index in [-0.39, 0.29) is 11.8 Å². The zero-order chi connectivity index (χ0) is 11.4. The summed E-state index contributed by atoms with van der Waals surface area (Å²) in [5, 5.41) is 8.89. The van der Waals surface area contributed by atoms with Crippen molar-refractivity contribution in [2.75, 3.05) is 0 Å². The van der Waals surface area contributed by atoms with Crippen LogP contribution in [0, 0.1) is 11.8 Å². The van der Waals surface area contributed by atoms with Gasteiger partial charge in [0.2, 0.25) is 0 Å². The molecule has 0 heterocycles. The Morgan fingerprint density at radius 3 is 2.80 bits per heavy atom. The molecule has 0 saturated heterocycles. The van der Waals surface area contributed by atoms with Crippen LogP contribution in [0.4, 0.5) is 0 Å². The molecular formula is C12H17BrO2. The van der Waals surface area contributed by atoms with Gasteiger partial charge in [0, 0.05) is 4.48 Å². The summed E-state index contributed by atoms with van der Waals surface area (Å²) in [4.78, 5) is 10.8. The maximum Gasteiger partial charge on any atom is 0.306 e. The second kappa shape index (κ2) is 5.50. The zero-order valence-corrected chi connectivity index (χ0v) is 10.8. The molecule has 0 aromatic carbocycles. The van der Waals surface area contributed by atoms with Gasteiger partial charge in [0.05, 0.1) is 5.92 Å². The Bertz CT molecular complexity index is 305. The summed E-state index contributed by atoms with van der Waals surface area (Å²) >= 11 is 3.51. The first-order chi connectivity index (χ1) is 7.02. The van der Waals surface area contributed by atoms with Gasteiger partial charge in [-0.25, -0.2) is 0 Å². The van der Waals surface area contributed by atoms with E-state index < -0.39 is 5.97 Å². The van der Waals surface area contributed by atoms with Crippen LogP contribution in [0.3, 0.4) is 0 Å². The number of carboxylic acids is 1. The minimum atomic E-state index is -0.727. The molecule has 2 nitrogen and oxygen atoms in total. The van der Waals surface area contributed by atoms with E-state index in [0.717, 1.165) is 23.7 Å². The Labute approximate surface area is 99.2 Å². The molecule has 0 spiro atoms. The van der Waals surface area contributed by atoms with Crippen LogP contribution < -0.4 is 0 Å². The fraction of sp³-hybridized carbons (Fsp3) is 0.583. The highest BCUT2D eigenvalue weighted by atomic mass is 79.9. The first-order valence-electron chi connectivity index (χ1n) is 5.32. The number of rotatable bonds is 3. The second-order valence-corrected chi connectivity index (χ2v) is 4.98. The molecule has 2 atom stereocenters. The van der Waals surface area contributed by atoms with Crippen LogP contribution in [0.25, 0.3) is 0 Å². The largest absolute Gasteiger partial charge is 0.481 e. The van der Waals surface area contributed by atoms with Crippen molar-refractivity contribution in [3.05, 3.63) is 22.2 Å². The van der Waals surface area contributed by atoms with Crippen LogP contribution >= 0.6 is 15.9 Å². The van der Waals surface area contributed by atoms with Gasteiger partial charge in [0.15, 0.2) is 0 Å². The molecule has 84 valence electrons. The highest BCUT2D eigenvalue weighted by molar-refractivity contribution is 9.12. The van der Waals surface area contributed by atoms with Crippen molar-refractivity contribution in [2.24, 2.45) is 11.8 Å². The molecule has 15 heavy (non-hydrogen) atoms. The van der Waals surface area contributed by atoms with Gasteiger partial charge in [0.25, 0.3) is 0 Å². The molecule has 0 aliphatic heterocycles. The number of carboxylic acid groups (broad SMARTS) is 1. The first kappa shape index (κ1) is 12.5. The van der Waals surface area contributed by atoms with E-state index in [0.29, 0.717) is 0 Å². The van der Waals surface area contributed by atoms with Crippen LogP contribution in [-0.4, -0.2) is 11.1 Å². The lowest BCUT2D eigenvalue weighted by atomic mass is 9.91. The van der Waals surface area contributed by atoms with Crippen molar-refractivity contribution < 1.29 is 9.90 Å². The molecule has 0 radical (unpaired) electrons. The quantitative estimate of drug-likeness (QED) is 0.850. The standard InChI is InChI=1S/C12H17BrO2/c1-8(9(2)12(14)15)7-10-5-3-4-6-11(10)13/h6-9H,3-5H2,1-2H3,(H,14,15)/b10-7-/t8-,9-/m1/s1. The zero-order valence-electron chi connectivity index (χ0n) is 9.16. The second-order valence-electron chi connectivity index (χ2n) is 4.12. The molecule has 0 amide bonds. The van der Waals surface area contributed by atoms with Gasteiger partial charge in [-0.2, -0.15) is 0 Å². The summed E-state index contributed by atoms with van der Waals surface area (Å²) in [5.41, 5.74) is 1.25. The van der Waals surface area contributed by atoms with Gasteiger partial charge in [-0.15, -0.1) is 0 Å². The van der Waals surface area contributed by atoms with E-state index >= 15 is 0 Å². The first-order valence-corrected chi connectivity index (χ1v) is 6.11. The number of allylic oxidation sites excluding steroid dienone is 4. The van der Waals surface area contributed by atoms with E-state index in [2.05, 4.69) is 28.1 Å². The van der Waals surface area contributed by atoms with Crippen LogP contribution in [-0.2, 0) is 4.79 Å². The Hall–Kier alpha value is -0.570. The van der Waals surface area contributed by atoms with Crippen molar-refractivity contribution in [2.45, 2.75) is 33.1 Å². The third-order valence-corrected chi connectivity index (χ3v) is 3.76. The SMILES string of the molecule is C[C@H](/C=C1/CCCC=C1Br)[C@@H](C)C(=O)O. The van der Waals surface area contributed by atoms with Crippen LogP contribution in [0.5, 0.6) is 0 Å². The predicted molar refractivity (Wildman–Crippen MR) is 64.9 cm³/mol. The molecule has 1 aliphatic carbocycles. The topological polar surface area (TPSA) is 37.3 Å². The van der Waals surface area contributed by atoms with Crippen molar-refractivity contribution in [3.63, 3.8) is 0 Å². The molecule has 0 unspecified atom stereocenters. The molecule has 3 heteroatoms. The molecule has 1 rings (SSSR count). The average Bonchev–Trinajstić information content (AvgIpc) is 2.20. The van der Waals surface area contributed by atoms with Crippen molar-refractivity contribution in [1.29, 1.82) is 0 Å². The van der Waals surface area contributed by atoms with Crippen LogP contribution in [0.2, 0.25) is 0 Å². The van der Waals surface area contributed by atoms with Crippen molar-refractivity contribution in [1.82, 2.24) is 0 Å². The number of hydrogen-bond acceptors (Lipinski definition) is 1. The maximum absolute atomic E-state index is 10.8. The normalized spacial score (nSPS) is 23.4. The Morgan fingerprint density at radius 2 is 2.27 bits per heavy atom. The number of carbonyl (C=O) groups is 1. The van der Waals surface area contributed by atoms with E-state index in [1.54, 1.807) is 6.92 Å². The number of hydrogen-bond donors (Lipinski definition) is 1. The number of aliphatic carboxylic acids is 1. The summed E-state index contributed by atoms with van der Waals surface area (Å²) < 4.78 is 1.14. The lowest BCUT2D eigenvalue weighted by molar-refractivity contribution is -0.142. The highest BCUT2D eigenvalue weighted by Gasteiger charge is 2.18. The van der Waals surface area contributed by atoms with Gasteiger partial charge in [-0.05, 0) is 30.8 Å². The third kappa shape index (κ3) is 3.49. The molecule has 0 saturated carbocycles. The van der Waals surface area contributed by atoms with E-state index in [4.69, 9.17) is 5.11 Å². The monoisotopic (exact) mass is 272 g/mol. The smallest absolute Gasteiger partial charge is 0.306 e. The summed E-state index contributed by atoms with van der Waals surface area (Å²) in [6.07, 6.45) is 7.57. The van der Waals surface area contributed by atoms with Crippen LogP contribution in [0.15, 0.2) is 22.2 Å². The van der Waals surface area contributed by atoms with Gasteiger partial charge < -0.3 is 5.11 Å². The molecule has 0 aromatic heterocycles. The lowest BCUT2D eigenvalue weighted by Gasteiger charge is -2.17. The fourth-order valence-electron chi connectivity index (χ4n) is 1.62. The Kier molecular flexibility index (Phi) is 4.58. The third-order valence-electron chi connectivity index (χ3n) is 2.92. The summed E-state index contributed by atoms with van der Waals surface area (Å²) in [6, 6.07) is 0. The lowest BCUT2D eigenvalue weighted by Crippen LogP contribution is -2.17. The van der Waals surface area contributed by atoms with Crippen molar-refractivity contribution >= 4 is 21.9 Å². The van der Waals surface area contributed by atoms with Gasteiger partial charge >= 0.3 is 5.97 Å². The average molecular weight is 273 g/mol. The van der Waals surface area contributed by atoms with E-state index in [1.165, 1.54) is 5.57 Å². The molecule has 1 N–H and O–H groups in total. The summed E-state index contributed by atoms with van der Waals surface area (Å²) in [7, 11) is 0. The predicted octanol–water partition coefficient (Wildman–Crippen LogP) is 3.73. The maximum atomic E-state index is 10.8. The van der Waals surface area contributed by atoms with Crippen LogP contribution in [0.1, 0.15) is 33.1 Å². The summed E-state index contributed by atoms with van der Waals surface area (Å²) in [6.45, 7) is 3.71. The van der Waals surface area contributed by atoms with Crippen molar-refractivity contribution in [3.8, 4) is 0 Å². The number of halogens is 1. The fourth-order valence-corrected chi connectivity index (χ4v) is 2.18. The highest BCUT2D eigenvalue weighted by Crippen LogP contribution is 2.30. The molecule has 0 aromatic rings. The molecular weight excluding hydrogens is 256 g/mol. The minimum Gasteiger partial charge on any atom is -0.481 e. The minimum absolute atomic E-state index is 0.0801.